The number of carbonyl (C=O) groups is 3. The van der Waals surface area contributed by atoms with Crippen molar-refractivity contribution in [2.45, 2.75) is 26.2 Å². The van der Waals surface area contributed by atoms with Crippen molar-refractivity contribution in [2.24, 2.45) is 0 Å². The number of halogens is 1. The number of Topliss-reactive ketones (excluding diaryl/α,β-unsaturated/α-hetero) is 2. The summed E-state index contributed by atoms with van der Waals surface area (Å²) in [4.78, 5) is 42.6. The van der Waals surface area contributed by atoms with Crippen molar-refractivity contribution >= 4 is 23.2 Å². The van der Waals surface area contributed by atoms with Crippen molar-refractivity contribution in [1.29, 1.82) is 0 Å². The molecule has 1 aliphatic heterocycles. The maximum atomic E-state index is 13.9. The van der Waals surface area contributed by atoms with Gasteiger partial charge in [-0.2, -0.15) is 0 Å². The van der Waals surface area contributed by atoms with Crippen LogP contribution in [0.4, 0.5) is 10.1 Å². The summed E-state index contributed by atoms with van der Waals surface area (Å²) in [5.74, 6) is -1.66. The number of nitrogens with zero attached hydrogens (tertiary/aromatic N) is 2. The van der Waals surface area contributed by atoms with Crippen molar-refractivity contribution in [3.05, 3.63) is 76.9 Å². The summed E-state index contributed by atoms with van der Waals surface area (Å²) in [7, 11) is 0. The fourth-order valence-electron chi connectivity index (χ4n) is 4.05. The average Bonchev–Trinajstić information content (AvgIpc) is 2.72. The van der Waals surface area contributed by atoms with Crippen LogP contribution in [0, 0.1) is 5.82 Å². The molecular formula is C23H21FN2O3. The largest absolute Gasteiger partial charge is 0.367 e. The van der Waals surface area contributed by atoms with Gasteiger partial charge in [-0.3, -0.25) is 19.3 Å². The molecule has 0 saturated carbocycles. The van der Waals surface area contributed by atoms with E-state index in [1.807, 2.05) is 4.90 Å². The Bertz CT molecular complexity index is 1040. The molecule has 0 atom stereocenters. The quantitative estimate of drug-likeness (QED) is 0.794. The number of carbonyl (C=O) groups excluding carboxylic acids is 3. The third-order valence-corrected chi connectivity index (χ3v) is 5.35. The van der Waals surface area contributed by atoms with E-state index in [1.54, 1.807) is 30.3 Å². The minimum atomic E-state index is -0.524. The minimum absolute atomic E-state index is 0.00806. The number of amides is 1. The number of allylic oxidation sites excluding steroid dienone is 2. The maximum Gasteiger partial charge on any atom is 0.228 e. The van der Waals surface area contributed by atoms with Crippen LogP contribution in [0.2, 0.25) is 0 Å². The molecule has 1 aliphatic carbocycles. The second-order valence-corrected chi connectivity index (χ2v) is 7.28. The number of anilines is 1. The molecule has 0 radical (unpaired) electrons. The number of likely N-dealkylation sites (tertiary alicyclic amines) is 1. The monoisotopic (exact) mass is 392 g/mol. The van der Waals surface area contributed by atoms with E-state index >= 15 is 0 Å². The summed E-state index contributed by atoms with van der Waals surface area (Å²) < 4.78 is 13.9. The second kappa shape index (κ2) is 7.62. The fraction of sp³-hybridized carbons (Fsp3) is 0.261. The van der Waals surface area contributed by atoms with Gasteiger partial charge in [-0.1, -0.05) is 30.3 Å². The van der Waals surface area contributed by atoms with E-state index in [9.17, 15) is 18.8 Å². The first-order valence-electron chi connectivity index (χ1n) is 9.73. The molecule has 148 valence electrons. The smallest absolute Gasteiger partial charge is 0.228 e. The van der Waals surface area contributed by atoms with Gasteiger partial charge >= 0.3 is 0 Å². The summed E-state index contributed by atoms with van der Waals surface area (Å²) in [5.41, 5.74) is 1.06. The number of fused-ring (bicyclic) bond motifs is 1. The zero-order valence-electron chi connectivity index (χ0n) is 16.2. The highest BCUT2D eigenvalue weighted by Crippen LogP contribution is 2.34. The summed E-state index contributed by atoms with van der Waals surface area (Å²) in [6.45, 7) is 2.58. The Morgan fingerprint density at radius 3 is 2.21 bits per heavy atom. The first-order valence-corrected chi connectivity index (χ1v) is 9.73. The predicted molar refractivity (Wildman–Crippen MR) is 107 cm³/mol. The molecule has 0 N–H and O–H groups in total. The molecule has 2 aromatic rings. The van der Waals surface area contributed by atoms with Crippen LogP contribution in [0.1, 0.15) is 46.9 Å². The van der Waals surface area contributed by atoms with Gasteiger partial charge in [0.2, 0.25) is 17.5 Å². The van der Waals surface area contributed by atoms with E-state index in [1.165, 1.54) is 30.0 Å². The third-order valence-electron chi connectivity index (χ3n) is 5.35. The molecule has 5 nitrogen and oxygen atoms in total. The number of ketones is 2. The Balaban J connectivity index is 1.96. The molecule has 0 bridgehead atoms. The highest BCUT2D eigenvalue weighted by atomic mass is 19.1. The van der Waals surface area contributed by atoms with Crippen molar-refractivity contribution < 1.29 is 18.8 Å². The molecule has 4 rings (SSSR count). The lowest BCUT2D eigenvalue weighted by molar-refractivity contribution is -0.116. The molecule has 2 aromatic carbocycles. The summed E-state index contributed by atoms with van der Waals surface area (Å²) in [6.07, 6.45) is 2.86. The molecule has 2 aliphatic rings. The lowest BCUT2D eigenvalue weighted by Gasteiger charge is -2.36. The van der Waals surface area contributed by atoms with Crippen LogP contribution in [-0.4, -0.2) is 35.5 Å². The zero-order chi connectivity index (χ0) is 20.5. The highest BCUT2D eigenvalue weighted by Gasteiger charge is 2.39. The Morgan fingerprint density at radius 2 is 1.59 bits per heavy atom. The topological polar surface area (TPSA) is 57.7 Å². The van der Waals surface area contributed by atoms with Gasteiger partial charge in [-0.15, -0.1) is 0 Å². The van der Waals surface area contributed by atoms with E-state index in [0.717, 1.165) is 19.3 Å². The number of rotatable bonds is 3. The molecular weight excluding hydrogens is 371 g/mol. The third kappa shape index (κ3) is 3.35. The number of hydrogen-bond acceptors (Lipinski definition) is 4. The van der Waals surface area contributed by atoms with Gasteiger partial charge in [-0.05, 0) is 37.5 Å². The molecule has 0 aromatic heterocycles. The van der Waals surface area contributed by atoms with Crippen LogP contribution in [0.5, 0.6) is 0 Å². The van der Waals surface area contributed by atoms with Gasteiger partial charge in [0.05, 0.1) is 5.69 Å². The molecule has 0 spiro atoms. The molecule has 1 fully saturated rings. The van der Waals surface area contributed by atoms with Gasteiger partial charge < -0.3 is 4.90 Å². The number of piperidine rings is 1. The van der Waals surface area contributed by atoms with Crippen LogP contribution < -0.4 is 4.90 Å². The normalized spacial score (nSPS) is 16.7. The van der Waals surface area contributed by atoms with E-state index in [0.29, 0.717) is 18.7 Å². The lowest BCUT2D eigenvalue weighted by atomic mass is 9.88. The molecule has 6 heteroatoms. The lowest BCUT2D eigenvalue weighted by Crippen LogP contribution is -2.43. The van der Waals surface area contributed by atoms with E-state index in [-0.39, 0.29) is 28.4 Å². The van der Waals surface area contributed by atoms with Crippen LogP contribution in [0.15, 0.2) is 59.9 Å². The van der Waals surface area contributed by atoms with E-state index in [2.05, 4.69) is 0 Å². The molecule has 0 unspecified atom stereocenters. The minimum Gasteiger partial charge on any atom is -0.367 e. The van der Waals surface area contributed by atoms with Crippen LogP contribution >= 0.6 is 0 Å². The van der Waals surface area contributed by atoms with Crippen molar-refractivity contribution in [1.82, 2.24) is 4.90 Å². The Kier molecular flexibility index (Phi) is 5.01. The second-order valence-electron chi connectivity index (χ2n) is 7.28. The van der Waals surface area contributed by atoms with Crippen LogP contribution in [-0.2, 0) is 4.79 Å². The fourth-order valence-corrected chi connectivity index (χ4v) is 4.05. The Labute approximate surface area is 168 Å². The van der Waals surface area contributed by atoms with Gasteiger partial charge in [0, 0.05) is 31.1 Å². The molecule has 1 heterocycles. The van der Waals surface area contributed by atoms with Gasteiger partial charge in [0.15, 0.2) is 0 Å². The standard InChI is InChI=1S/C23H21FN2O3/c1-15(27)26(17-9-7-8-16(24)14-17)21-20(25-12-5-2-6-13-25)22(28)18-10-3-4-11-19(18)23(21)29/h3-4,7-11,14H,2,5-6,12-13H2,1H3. The van der Waals surface area contributed by atoms with Crippen molar-refractivity contribution in [3.63, 3.8) is 0 Å². The van der Waals surface area contributed by atoms with Crippen molar-refractivity contribution in [2.75, 3.05) is 18.0 Å². The average molecular weight is 392 g/mol. The predicted octanol–water partition coefficient (Wildman–Crippen LogP) is 3.96. The van der Waals surface area contributed by atoms with E-state index in [4.69, 9.17) is 0 Å². The summed E-state index contributed by atoms with van der Waals surface area (Å²) in [6, 6.07) is 12.1. The molecule has 1 saturated heterocycles. The first-order chi connectivity index (χ1) is 14.0. The summed E-state index contributed by atoms with van der Waals surface area (Å²) >= 11 is 0. The van der Waals surface area contributed by atoms with Gasteiger partial charge in [0.1, 0.15) is 17.2 Å². The zero-order valence-corrected chi connectivity index (χ0v) is 16.2. The molecule has 1 amide bonds. The van der Waals surface area contributed by atoms with Crippen LogP contribution in [0.3, 0.4) is 0 Å². The summed E-state index contributed by atoms with van der Waals surface area (Å²) in [5, 5.41) is 0. The Hall–Kier alpha value is -3.28. The number of benzene rings is 2. The van der Waals surface area contributed by atoms with Crippen LogP contribution in [0.25, 0.3) is 0 Å². The van der Waals surface area contributed by atoms with Gasteiger partial charge in [-0.25, -0.2) is 4.39 Å². The SMILES string of the molecule is CC(=O)N(C1=C(N2CCCCC2)C(=O)c2ccccc2C1=O)c1cccc(F)c1. The van der Waals surface area contributed by atoms with Gasteiger partial charge in [0.25, 0.3) is 0 Å². The van der Waals surface area contributed by atoms with E-state index < -0.39 is 17.5 Å². The maximum absolute atomic E-state index is 13.9. The first kappa shape index (κ1) is 19.1. The highest BCUT2D eigenvalue weighted by molar-refractivity contribution is 6.29. The van der Waals surface area contributed by atoms with Crippen molar-refractivity contribution in [3.8, 4) is 0 Å². The molecule has 29 heavy (non-hydrogen) atoms. The Morgan fingerprint density at radius 1 is 0.931 bits per heavy atom. The number of hydrogen-bond donors (Lipinski definition) is 0.